The van der Waals surface area contributed by atoms with Crippen LogP contribution in [-0.4, -0.2) is 33.9 Å². The molecule has 0 bridgehead atoms. The zero-order chi connectivity index (χ0) is 14.9. The van der Waals surface area contributed by atoms with Crippen LogP contribution >= 0.6 is 0 Å². The minimum atomic E-state index is 0.605. The van der Waals surface area contributed by atoms with E-state index in [9.17, 15) is 0 Å². The molecule has 21 heavy (non-hydrogen) atoms. The van der Waals surface area contributed by atoms with Gasteiger partial charge in [0.15, 0.2) is 0 Å². The van der Waals surface area contributed by atoms with Crippen LogP contribution in [0.4, 0.5) is 0 Å². The van der Waals surface area contributed by atoms with E-state index in [4.69, 9.17) is 9.47 Å². The fraction of sp³-hybridized carbons (Fsp3) is 0.667. The molecule has 3 heteroatoms. The van der Waals surface area contributed by atoms with Gasteiger partial charge in [0.25, 0.3) is 0 Å². The molecule has 1 atom stereocenters. The van der Waals surface area contributed by atoms with Crippen LogP contribution in [-0.2, 0) is 4.74 Å². The molecule has 1 aliphatic carbocycles. The lowest BCUT2D eigenvalue weighted by Gasteiger charge is -2.31. The monoisotopic (exact) mass is 291 g/mol. The lowest BCUT2D eigenvalue weighted by Crippen LogP contribution is -2.30. The average molecular weight is 291 g/mol. The van der Waals surface area contributed by atoms with Crippen LogP contribution in [0.2, 0.25) is 0 Å². The van der Waals surface area contributed by atoms with E-state index >= 15 is 0 Å². The zero-order valence-corrected chi connectivity index (χ0v) is 13.4. The number of rotatable bonds is 8. The third kappa shape index (κ3) is 5.01. The summed E-state index contributed by atoms with van der Waals surface area (Å²) in [5, 5.41) is 3.55. The molecule has 1 aromatic carbocycles. The number of methoxy groups -OCH3 is 2. The molecule has 0 amide bonds. The van der Waals surface area contributed by atoms with E-state index in [1.807, 2.05) is 0 Å². The Morgan fingerprint density at radius 2 is 1.81 bits per heavy atom. The second-order valence-corrected chi connectivity index (χ2v) is 5.97. The maximum atomic E-state index is 5.28. The number of nitrogens with one attached hydrogen (secondary N) is 1. The van der Waals surface area contributed by atoms with E-state index in [-0.39, 0.29) is 0 Å². The van der Waals surface area contributed by atoms with E-state index in [1.165, 1.54) is 37.7 Å². The molecule has 1 N–H and O–H groups in total. The topological polar surface area (TPSA) is 30.5 Å². The Morgan fingerprint density at radius 1 is 1.10 bits per heavy atom. The third-order valence-corrected chi connectivity index (χ3v) is 4.61. The van der Waals surface area contributed by atoms with Gasteiger partial charge in [-0.05, 0) is 42.4 Å². The molecule has 1 fully saturated rings. The molecule has 1 aromatic rings. The average Bonchev–Trinajstić information content (AvgIpc) is 2.56. The summed E-state index contributed by atoms with van der Waals surface area (Å²) in [6.07, 6.45) is 6.90. The second-order valence-electron chi connectivity index (χ2n) is 5.97. The molecule has 0 spiro atoms. The largest absolute Gasteiger partial charge is 0.497 e. The van der Waals surface area contributed by atoms with Crippen molar-refractivity contribution in [2.24, 2.45) is 5.92 Å². The Hall–Kier alpha value is -1.06. The smallest absolute Gasteiger partial charge is 0.118 e. The van der Waals surface area contributed by atoms with Crippen LogP contribution in [0.3, 0.4) is 0 Å². The molecule has 0 aliphatic heterocycles. The molecular formula is C18H29NO2. The summed E-state index contributed by atoms with van der Waals surface area (Å²) in [7, 11) is 3.48. The lowest BCUT2D eigenvalue weighted by molar-refractivity contribution is 0.196. The molecule has 0 aromatic heterocycles. The Bertz CT molecular complexity index is 385. The van der Waals surface area contributed by atoms with E-state index in [0.717, 1.165) is 31.4 Å². The predicted octanol–water partition coefficient (Wildman–Crippen LogP) is 3.60. The SMILES string of the molecule is COCCNCC(c1ccc(OC)cc1)C1CCCCC1. The minimum Gasteiger partial charge on any atom is -0.497 e. The van der Waals surface area contributed by atoms with Crippen molar-refractivity contribution in [1.29, 1.82) is 0 Å². The van der Waals surface area contributed by atoms with Crippen molar-refractivity contribution < 1.29 is 9.47 Å². The van der Waals surface area contributed by atoms with E-state index in [0.29, 0.717) is 5.92 Å². The molecule has 118 valence electrons. The van der Waals surface area contributed by atoms with Crippen LogP contribution in [0.25, 0.3) is 0 Å². The van der Waals surface area contributed by atoms with Gasteiger partial charge in [0.1, 0.15) is 5.75 Å². The molecular weight excluding hydrogens is 262 g/mol. The van der Waals surface area contributed by atoms with Gasteiger partial charge >= 0.3 is 0 Å². The highest BCUT2D eigenvalue weighted by molar-refractivity contribution is 5.30. The first-order chi connectivity index (χ1) is 10.3. The van der Waals surface area contributed by atoms with Crippen molar-refractivity contribution in [1.82, 2.24) is 5.32 Å². The zero-order valence-electron chi connectivity index (χ0n) is 13.4. The Kier molecular flexibility index (Phi) is 7.04. The van der Waals surface area contributed by atoms with Crippen molar-refractivity contribution in [3.63, 3.8) is 0 Å². The molecule has 0 saturated heterocycles. The Labute approximate surface area is 129 Å². The number of ether oxygens (including phenoxy) is 2. The van der Waals surface area contributed by atoms with Crippen molar-refractivity contribution >= 4 is 0 Å². The van der Waals surface area contributed by atoms with Crippen LogP contribution in [0, 0.1) is 5.92 Å². The Morgan fingerprint density at radius 3 is 2.43 bits per heavy atom. The highest BCUT2D eigenvalue weighted by Crippen LogP contribution is 2.36. The summed E-state index contributed by atoms with van der Waals surface area (Å²) in [4.78, 5) is 0. The van der Waals surface area contributed by atoms with Crippen LogP contribution < -0.4 is 10.1 Å². The first-order valence-corrected chi connectivity index (χ1v) is 8.18. The third-order valence-electron chi connectivity index (χ3n) is 4.61. The van der Waals surface area contributed by atoms with E-state index < -0.39 is 0 Å². The number of benzene rings is 1. The van der Waals surface area contributed by atoms with E-state index in [2.05, 4.69) is 29.6 Å². The maximum Gasteiger partial charge on any atom is 0.118 e. The highest BCUT2D eigenvalue weighted by atomic mass is 16.5. The van der Waals surface area contributed by atoms with Gasteiger partial charge in [-0.15, -0.1) is 0 Å². The number of hydrogen-bond acceptors (Lipinski definition) is 3. The van der Waals surface area contributed by atoms with Gasteiger partial charge in [0, 0.05) is 20.2 Å². The van der Waals surface area contributed by atoms with Crippen molar-refractivity contribution in [3.8, 4) is 5.75 Å². The van der Waals surface area contributed by atoms with Crippen LogP contribution in [0.15, 0.2) is 24.3 Å². The fourth-order valence-corrected chi connectivity index (χ4v) is 3.38. The molecule has 1 aliphatic rings. The van der Waals surface area contributed by atoms with Crippen molar-refractivity contribution in [3.05, 3.63) is 29.8 Å². The summed E-state index contributed by atoms with van der Waals surface area (Å²) >= 11 is 0. The molecule has 1 unspecified atom stereocenters. The molecule has 0 heterocycles. The lowest BCUT2D eigenvalue weighted by atomic mass is 9.76. The quantitative estimate of drug-likeness (QED) is 0.742. The summed E-state index contributed by atoms with van der Waals surface area (Å²) in [5.41, 5.74) is 1.44. The Balaban J connectivity index is 2.01. The number of hydrogen-bond donors (Lipinski definition) is 1. The summed E-state index contributed by atoms with van der Waals surface area (Å²) in [5.74, 6) is 2.35. The van der Waals surface area contributed by atoms with Crippen molar-refractivity contribution in [2.75, 3.05) is 33.9 Å². The molecule has 3 nitrogen and oxygen atoms in total. The summed E-state index contributed by atoms with van der Waals surface area (Å²) in [6.45, 7) is 2.75. The molecule has 1 saturated carbocycles. The van der Waals surface area contributed by atoms with Crippen molar-refractivity contribution in [2.45, 2.75) is 38.0 Å². The van der Waals surface area contributed by atoms with Crippen LogP contribution in [0.5, 0.6) is 5.75 Å². The standard InChI is InChI=1S/C18H29NO2/c1-20-13-12-19-14-18(15-6-4-3-5-7-15)16-8-10-17(21-2)11-9-16/h8-11,15,18-19H,3-7,12-14H2,1-2H3. The van der Waals surface area contributed by atoms with Gasteiger partial charge in [-0.25, -0.2) is 0 Å². The maximum absolute atomic E-state index is 5.28. The summed E-state index contributed by atoms with van der Waals surface area (Å²) in [6, 6.07) is 8.63. The normalized spacial score (nSPS) is 17.6. The van der Waals surface area contributed by atoms with Gasteiger partial charge in [0.05, 0.1) is 13.7 Å². The van der Waals surface area contributed by atoms with Crippen LogP contribution in [0.1, 0.15) is 43.6 Å². The predicted molar refractivity (Wildman–Crippen MR) is 87.1 cm³/mol. The van der Waals surface area contributed by atoms with Gasteiger partial charge in [-0.3, -0.25) is 0 Å². The molecule has 2 rings (SSSR count). The first-order valence-electron chi connectivity index (χ1n) is 8.18. The van der Waals surface area contributed by atoms with Gasteiger partial charge < -0.3 is 14.8 Å². The fourth-order valence-electron chi connectivity index (χ4n) is 3.38. The van der Waals surface area contributed by atoms with Gasteiger partial charge in [-0.1, -0.05) is 31.4 Å². The first kappa shape index (κ1) is 16.3. The molecule has 0 radical (unpaired) electrons. The minimum absolute atomic E-state index is 0.605. The summed E-state index contributed by atoms with van der Waals surface area (Å²) < 4.78 is 10.4. The van der Waals surface area contributed by atoms with E-state index in [1.54, 1.807) is 14.2 Å². The second kappa shape index (κ2) is 9.06. The van der Waals surface area contributed by atoms with Gasteiger partial charge in [-0.2, -0.15) is 0 Å². The van der Waals surface area contributed by atoms with Gasteiger partial charge in [0.2, 0.25) is 0 Å². The highest BCUT2D eigenvalue weighted by Gasteiger charge is 2.24.